The molecule has 1 N–H and O–H groups in total. The molecule has 0 bridgehead atoms. The van der Waals surface area contributed by atoms with Crippen molar-refractivity contribution < 1.29 is 0 Å². The second-order valence-corrected chi connectivity index (χ2v) is 8.63. The van der Waals surface area contributed by atoms with Gasteiger partial charge in [-0.05, 0) is 72.8 Å². The summed E-state index contributed by atoms with van der Waals surface area (Å²) >= 11 is 0. The Kier molecular flexibility index (Phi) is 5.30. The van der Waals surface area contributed by atoms with Gasteiger partial charge < -0.3 is 5.32 Å². The molecule has 0 spiro atoms. The predicted molar refractivity (Wildman–Crippen MR) is 144 cm³/mol. The van der Waals surface area contributed by atoms with Crippen LogP contribution in [0.5, 0.6) is 0 Å². The zero-order valence-electron chi connectivity index (χ0n) is 19.9. The molecule has 2 heterocycles. The van der Waals surface area contributed by atoms with E-state index in [0.29, 0.717) is 0 Å². The van der Waals surface area contributed by atoms with Crippen molar-refractivity contribution in [2.75, 3.05) is 5.32 Å². The molecule has 5 nitrogen and oxygen atoms in total. The lowest BCUT2D eigenvalue weighted by Crippen LogP contribution is -2.01. The Morgan fingerprint density at radius 3 is 1.34 bits per heavy atom. The number of nitrogens with zero attached hydrogens (tertiary/aromatic N) is 4. The Bertz CT molecular complexity index is 1500. The molecule has 6 rings (SSSR count). The van der Waals surface area contributed by atoms with E-state index in [2.05, 4.69) is 113 Å². The van der Waals surface area contributed by atoms with Crippen LogP contribution in [0, 0.1) is 0 Å². The van der Waals surface area contributed by atoms with E-state index < -0.39 is 0 Å². The van der Waals surface area contributed by atoms with Crippen molar-refractivity contribution >= 4 is 33.4 Å². The molecule has 6 aromatic rings. The van der Waals surface area contributed by atoms with E-state index >= 15 is 0 Å². The topological polar surface area (TPSA) is 47.7 Å². The fraction of sp³-hybridized carbons (Fsp3) is 0.133. The molecule has 0 atom stereocenters. The SMILES string of the molecule is CCc1nc2ccccc2n1-c1ccc(Nc2ccc(-n3c(CC)nc4ccccc43)cc2)cc1. The van der Waals surface area contributed by atoms with E-state index in [9.17, 15) is 0 Å². The van der Waals surface area contributed by atoms with Gasteiger partial charge in [0.25, 0.3) is 0 Å². The zero-order valence-corrected chi connectivity index (χ0v) is 19.9. The van der Waals surface area contributed by atoms with Crippen LogP contribution < -0.4 is 5.32 Å². The van der Waals surface area contributed by atoms with Crippen LogP contribution in [0.25, 0.3) is 33.4 Å². The molecule has 0 aliphatic carbocycles. The van der Waals surface area contributed by atoms with Crippen LogP contribution >= 0.6 is 0 Å². The minimum Gasteiger partial charge on any atom is -0.356 e. The summed E-state index contributed by atoms with van der Waals surface area (Å²) < 4.78 is 4.49. The van der Waals surface area contributed by atoms with Gasteiger partial charge in [-0.2, -0.15) is 0 Å². The lowest BCUT2D eigenvalue weighted by Gasteiger charge is -2.12. The van der Waals surface area contributed by atoms with Crippen LogP contribution in [0.1, 0.15) is 25.5 Å². The van der Waals surface area contributed by atoms with Gasteiger partial charge in [-0.1, -0.05) is 38.1 Å². The number of benzene rings is 4. The van der Waals surface area contributed by atoms with Crippen molar-refractivity contribution in [2.45, 2.75) is 26.7 Å². The molecule has 0 saturated carbocycles. The van der Waals surface area contributed by atoms with Gasteiger partial charge in [-0.3, -0.25) is 9.13 Å². The fourth-order valence-corrected chi connectivity index (χ4v) is 4.76. The Morgan fingerprint density at radius 1 is 0.543 bits per heavy atom. The second kappa shape index (κ2) is 8.76. The number of hydrogen-bond donors (Lipinski definition) is 1. The first-order valence-corrected chi connectivity index (χ1v) is 12.2. The first-order chi connectivity index (χ1) is 17.2. The standard InChI is InChI=1S/C30H27N5/c1-3-29-32-25-9-5-7-11-27(25)34(29)23-17-13-21(14-18-23)31-22-15-19-24(20-16-22)35-28-12-8-6-10-26(28)33-30(35)4-2/h5-20,31H,3-4H2,1-2H3. The number of nitrogens with one attached hydrogen (secondary N) is 1. The van der Waals surface area contributed by atoms with Crippen molar-refractivity contribution in [2.24, 2.45) is 0 Å². The van der Waals surface area contributed by atoms with E-state index in [0.717, 1.165) is 69.3 Å². The summed E-state index contributed by atoms with van der Waals surface area (Å²) in [5, 5.41) is 3.53. The third kappa shape index (κ3) is 3.75. The van der Waals surface area contributed by atoms with Crippen molar-refractivity contribution in [1.82, 2.24) is 19.1 Å². The number of anilines is 2. The van der Waals surface area contributed by atoms with Crippen LogP contribution in [-0.2, 0) is 12.8 Å². The Labute approximate surface area is 204 Å². The van der Waals surface area contributed by atoms with Crippen molar-refractivity contribution in [1.29, 1.82) is 0 Å². The molecule has 35 heavy (non-hydrogen) atoms. The first-order valence-electron chi connectivity index (χ1n) is 12.2. The van der Waals surface area contributed by atoms with E-state index in [1.165, 1.54) is 0 Å². The summed E-state index contributed by atoms with van der Waals surface area (Å²) in [4.78, 5) is 9.60. The van der Waals surface area contributed by atoms with Crippen molar-refractivity contribution in [3.8, 4) is 11.4 Å². The maximum absolute atomic E-state index is 4.80. The van der Waals surface area contributed by atoms with Crippen LogP contribution in [-0.4, -0.2) is 19.1 Å². The third-order valence-corrected chi connectivity index (χ3v) is 6.43. The predicted octanol–water partition coefficient (Wildman–Crippen LogP) is 7.23. The molecular formula is C30H27N5. The monoisotopic (exact) mass is 457 g/mol. The van der Waals surface area contributed by atoms with Crippen LogP contribution in [0.4, 0.5) is 11.4 Å². The molecule has 0 aliphatic rings. The maximum atomic E-state index is 4.80. The van der Waals surface area contributed by atoms with Gasteiger partial charge >= 0.3 is 0 Å². The number of fused-ring (bicyclic) bond motifs is 2. The molecule has 0 aliphatic heterocycles. The molecule has 4 aromatic carbocycles. The number of rotatable bonds is 6. The highest BCUT2D eigenvalue weighted by Gasteiger charge is 2.12. The minimum absolute atomic E-state index is 0.882. The van der Waals surface area contributed by atoms with Crippen LogP contribution in [0.2, 0.25) is 0 Å². The Balaban J connectivity index is 1.26. The lowest BCUT2D eigenvalue weighted by atomic mass is 10.2. The van der Waals surface area contributed by atoms with Gasteiger partial charge in [0.2, 0.25) is 0 Å². The van der Waals surface area contributed by atoms with Gasteiger partial charge in [0, 0.05) is 35.6 Å². The fourth-order valence-electron chi connectivity index (χ4n) is 4.76. The van der Waals surface area contributed by atoms with E-state index in [1.54, 1.807) is 0 Å². The molecule has 0 saturated heterocycles. The van der Waals surface area contributed by atoms with Gasteiger partial charge in [0.15, 0.2) is 0 Å². The van der Waals surface area contributed by atoms with E-state index in [4.69, 9.17) is 9.97 Å². The molecule has 2 aromatic heterocycles. The van der Waals surface area contributed by atoms with Gasteiger partial charge in [-0.15, -0.1) is 0 Å². The highest BCUT2D eigenvalue weighted by molar-refractivity contribution is 5.79. The van der Waals surface area contributed by atoms with E-state index in [1.807, 2.05) is 12.1 Å². The summed E-state index contributed by atoms with van der Waals surface area (Å²) in [7, 11) is 0. The summed E-state index contributed by atoms with van der Waals surface area (Å²) in [6, 6.07) is 33.7. The van der Waals surface area contributed by atoms with Crippen LogP contribution in [0.3, 0.4) is 0 Å². The number of aryl methyl sites for hydroxylation is 2. The lowest BCUT2D eigenvalue weighted by molar-refractivity contribution is 0.908. The molecule has 172 valence electrons. The third-order valence-electron chi connectivity index (χ3n) is 6.43. The van der Waals surface area contributed by atoms with E-state index in [-0.39, 0.29) is 0 Å². The average Bonchev–Trinajstić information content (AvgIpc) is 3.48. The summed E-state index contributed by atoms with van der Waals surface area (Å²) in [5.41, 5.74) is 8.67. The Hall–Kier alpha value is -4.38. The van der Waals surface area contributed by atoms with Gasteiger partial charge in [-0.25, -0.2) is 9.97 Å². The normalized spacial score (nSPS) is 11.4. The highest BCUT2D eigenvalue weighted by Crippen LogP contribution is 2.26. The summed E-state index contributed by atoms with van der Waals surface area (Å²) in [6.07, 6.45) is 1.76. The maximum Gasteiger partial charge on any atom is 0.114 e. The molecule has 5 heteroatoms. The largest absolute Gasteiger partial charge is 0.356 e. The average molecular weight is 458 g/mol. The Morgan fingerprint density at radius 2 is 0.943 bits per heavy atom. The molecule has 0 unspecified atom stereocenters. The molecule has 0 radical (unpaired) electrons. The number of imidazole rings is 2. The molecular weight excluding hydrogens is 430 g/mol. The first kappa shape index (κ1) is 21.2. The van der Waals surface area contributed by atoms with Crippen molar-refractivity contribution in [3.63, 3.8) is 0 Å². The molecule has 0 amide bonds. The minimum atomic E-state index is 0.882. The van der Waals surface area contributed by atoms with Crippen LogP contribution in [0.15, 0.2) is 97.1 Å². The number of hydrogen-bond acceptors (Lipinski definition) is 3. The zero-order chi connectivity index (χ0) is 23.8. The number of para-hydroxylation sites is 4. The smallest absolute Gasteiger partial charge is 0.114 e. The summed E-state index contributed by atoms with van der Waals surface area (Å²) in [5.74, 6) is 2.14. The highest BCUT2D eigenvalue weighted by atomic mass is 15.1. The van der Waals surface area contributed by atoms with Gasteiger partial charge in [0.1, 0.15) is 11.6 Å². The van der Waals surface area contributed by atoms with Gasteiger partial charge in [0.05, 0.1) is 22.1 Å². The molecule has 0 fully saturated rings. The second-order valence-electron chi connectivity index (χ2n) is 8.63. The quantitative estimate of drug-likeness (QED) is 0.287. The van der Waals surface area contributed by atoms with Crippen molar-refractivity contribution in [3.05, 3.63) is 109 Å². The summed E-state index contributed by atoms with van der Waals surface area (Å²) in [6.45, 7) is 4.29. The number of aromatic nitrogens is 4.